The number of aromatic nitrogens is 2. The van der Waals surface area contributed by atoms with Crippen LogP contribution in [0.5, 0.6) is 0 Å². The molecule has 0 spiro atoms. The molecule has 1 atom stereocenters. The minimum Gasteiger partial charge on any atom is -0.365 e. The van der Waals surface area contributed by atoms with Crippen molar-refractivity contribution in [1.29, 1.82) is 0 Å². The normalized spacial score (nSPS) is 12.3. The summed E-state index contributed by atoms with van der Waals surface area (Å²) in [6.45, 7) is 2.08. The molecule has 0 bridgehead atoms. The van der Waals surface area contributed by atoms with E-state index in [0.29, 0.717) is 0 Å². The van der Waals surface area contributed by atoms with Crippen LogP contribution in [0.4, 0.5) is 10.2 Å². The number of hydrogen-bond donors (Lipinski definition) is 1. The molecule has 0 fully saturated rings. The van der Waals surface area contributed by atoms with Crippen LogP contribution in [0.25, 0.3) is 10.8 Å². The SMILES string of the molecule is CC(Cc1ccc(F)cc1)Nc1nncc2ccccc12. The highest BCUT2D eigenvalue weighted by Crippen LogP contribution is 2.20. The van der Waals surface area contributed by atoms with Gasteiger partial charge in [0, 0.05) is 16.8 Å². The molecule has 3 nitrogen and oxygen atoms in total. The van der Waals surface area contributed by atoms with Crippen LogP contribution in [0.15, 0.2) is 54.7 Å². The van der Waals surface area contributed by atoms with Crippen molar-refractivity contribution in [3.05, 3.63) is 66.1 Å². The number of rotatable bonds is 4. The maximum atomic E-state index is 12.9. The molecule has 1 heterocycles. The molecule has 0 aliphatic heterocycles. The molecular weight excluding hydrogens is 265 g/mol. The minimum absolute atomic E-state index is 0.176. The zero-order valence-corrected chi connectivity index (χ0v) is 11.8. The molecule has 0 aliphatic rings. The van der Waals surface area contributed by atoms with Crippen molar-refractivity contribution < 1.29 is 4.39 Å². The lowest BCUT2D eigenvalue weighted by molar-refractivity contribution is 0.626. The van der Waals surface area contributed by atoms with E-state index in [2.05, 4.69) is 22.4 Å². The maximum absolute atomic E-state index is 12.9. The molecule has 1 unspecified atom stereocenters. The molecular formula is C17H16FN3. The second-order valence-corrected chi connectivity index (χ2v) is 5.16. The summed E-state index contributed by atoms with van der Waals surface area (Å²) in [4.78, 5) is 0. The van der Waals surface area contributed by atoms with Gasteiger partial charge in [0.25, 0.3) is 0 Å². The highest BCUT2D eigenvalue weighted by molar-refractivity contribution is 5.90. The lowest BCUT2D eigenvalue weighted by Gasteiger charge is -2.15. The molecule has 21 heavy (non-hydrogen) atoms. The van der Waals surface area contributed by atoms with Gasteiger partial charge in [-0.3, -0.25) is 0 Å². The first-order valence-electron chi connectivity index (χ1n) is 6.94. The standard InChI is InChI=1S/C17H16FN3/c1-12(10-13-6-8-15(18)9-7-13)20-17-16-5-3-2-4-14(16)11-19-21-17/h2-9,11-12H,10H2,1H3,(H,20,21). The molecule has 0 amide bonds. The third-order valence-electron chi connectivity index (χ3n) is 3.41. The van der Waals surface area contributed by atoms with Crippen LogP contribution in [0, 0.1) is 5.82 Å². The first-order valence-corrected chi connectivity index (χ1v) is 6.94. The van der Waals surface area contributed by atoms with E-state index in [4.69, 9.17) is 0 Å². The molecule has 0 saturated heterocycles. The Morgan fingerprint density at radius 3 is 2.67 bits per heavy atom. The summed E-state index contributed by atoms with van der Waals surface area (Å²) in [5, 5.41) is 13.7. The fourth-order valence-corrected chi connectivity index (χ4v) is 2.39. The maximum Gasteiger partial charge on any atom is 0.156 e. The Bertz CT molecular complexity index is 735. The van der Waals surface area contributed by atoms with Crippen molar-refractivity contribution in [3.63, 3.8) is 0 Å². The Hall–Kier alpha value is -2.49. The summed E-state index contributed by atoms with van der Waals surface area (Å²) < 4.78 is 12.9. The van der Waals surface area contributed by atoms with Gasteiger partial charge in [0.2, 0.25) is 0 Å². The van der Waals surface area contributed by atoms with E-state index in [1.807, 2.05) is 36.4 Å². The van der Waals surface area contributed by atoms with E-state index in [1.165, 1.54) is 12.1 Å². The number of halogens is 1. The predicted molar refractivity (Wildman–Crippen MR) is 82.7 cm³/mol. The molecule has 0 radical (unpaired) electrons. The molecule has 0 aliphatic carbocycles. The van der Waals surface area contributed by atoms with E-state index in [-0.39, 0.29) is 11.9 Å². The van der Waals surface area contributed by atoms with E-state index in [9.17, 15) is 4.39 Å². The van der Waals surface area contributed by atoms with Crippen LogP contribution in [-0.4, -0.2) is 16.2 Å². The van der Waals surface area contributed by atoms with Gasteiger partial charge < -0.3 is 5.32 Å². The molecule has 106 valence electrons. The van der Waals surface area contributed by atoms with Gasteiger partial charge in [0.05, 0.1) is 6.20 Å². The van der Waals surface area contributed by atoms with E-state index >= 15 is 0 Å². The highest BCUT2D eigenvalue weighted by Gasteiger charge is 2.08. The zero-order valence-electron chi connectivity index (χ0n) is 11.8. The monoisotopic (exact) mass is 281 g/mol. The Morgan fingerprint density at radius 1 is 1.10 bits per heavy atom. The van der Waals surface area contributed by atoms with E-state index < -0.39 is 0 Å². The number of benzene rings is 2. The Kier molecular flexibility index (Phi) is 3.77. The summed E-state index contributed by atoms with van der Waals surface area (Å²) >= 11 is 0. The van der Waals surface area contributed by atoms with Crippen LogP contribution in [0.2, 0.25) is 0 Å². The molecule has 4 heteroatoms. The van der Waals surface area contributed by atoms with Gasteiger partial charge in [0.1, 0.15) is 5.82 Å². The molecule has 1 N–H and O–H groups in total. The van der Waals surface area contributed by atoms with Crippen LogP contribution >= 0.6 is 0 Å². The second kappa shape index (κ2) is 5.87. The van der Waals surface area contributed by atoms with Crippen molar-refractivity contribution in [1.82, 2.24) is 10.2 Å². The first-order chi connectivity index (χ1) is 10.2. The average molecular weight is 281 g/mol. The smallest absolute Gasteiger partial charge is 0.156 e. The quantitative estimate of drug-likeness (QED) is 0.790. The highest BCUT2D eigenvalue weighted by atomic mass is 19.1. The van der Waals surface area contributed by atoms with Crippen LogP contribution in [0.3, 0.4) is 0 Å². The van der Waals surface area contributed by atoms with Crippen molar-refractivity contribution in [2.24, 2.45) is 0 Å². The molecule has 3 rings (SSSR count). The van der Waals surface area contributed by atoms with Crippen LogP contribution < -0.4 is 5.32 Å². The number of hydrogen-bond acceptors (Lipinski definition) is 3. The topological polar surface area (TPSA) is 37.8 Å². The number of nitrogens with zero attached hydrogens (tertiary/aromatic N) is 2. The predicted octanol–water partition coefficient (Wildman–Crippen LogP) is 3.81. The second-order valence-electron chi connectivity index (χ2n) is 5.16. The van der Waals surface area contributed by atoms with Gasteiger partial charge in [0.15, 0.2) is 5.82 Å². The van der Waals surface area contributed by atoms with E-state index in [1.54, 1.807) is 6.20 Å². The summed E-state index contributed by atoms with van der Waals surface area (Å²) in [6.07, 6.45) is 2.55. The van der Waals surface area contributed by atoms with Gasteiger partial charge in [-0.15, -0.1) is 5.10 Å². The lowest BCUT2D eigenvalue weighted by atomic mass is 10.1. The van der Waals surface area contributed by atoms with Crippen LogP contribution in [-0.2, 0) is 6.42 Å². The van der Waals surface area contributed by atoms with Gasteiger partial charge in [-0.2, -0.15) is 5.10 Å². The van der Waals surface area contributed by atoms with Gasteiger partial charge in [-0.25, -0.2) is 4.39 Å². The Labute approximate surface area is 122 Å². The Morgan fingerprint density at radius 2 is 1.86 bits per heavy atom. The summed E-state index contributed by atoms with van der Waals surface area (Å²) in [5.41, 5.74) is 1.09. The molecule has 3 aromatic rings. The fourth-order valence-electron chi connectivity index (χ4n) is 2.39. The third kappa shape index (κ3) is 3.16. The molecule has 2 aromatic carbocycles. The van der Waals surface area contributed by atoms with Crippen molar-refractivity contribution in [2.45, 2.75) is 19.4 Å². The minimum atomic E-state index is -0.209. The summed E-state index contributed by atoms with van der Waals surface area (Å²) in [6, 6.07) is 14.8. The van der Waals surface area contributed by atoms with Crippen LogP contribution in [0.1, 0.15) is 12.5 Å². The lowest BCUT2D eigenvalue weighted by Crippen LogP contribution is -2.19. The zero-order chi connectivity index (χ0) is 14.7. The van der Waals surface area contributed by atoms with Crippen molar-refractivity contribution in [3.8, 4) is 0 Å². The summed E-state index contributed by atoms with van der Waals surface area (Å²) in [5.74, 6) is 0.571. The summed E-state index contributed by atoms with van der Waals surface area (Å²) in [7, 11) is 0. The average Bonchev–Trinajstić information content (AvgIpc) is 2.50. The van der Waals surface area contributed by atoms with Gasteiger partial charge in [-0.05, 0) is 31.0 Å². The molecule has 1 aromatic heterocycles. The van der Waals surface area contributed by atoms with Gasteiger partial charge in [-0.1, -0.05) is 36.4 Å². The first kappa shape index (κ1) is 13.5. The number of anilines is 1. The third-order valence-corrected chi connectivity index (χ3v) is 3.41. The molecule has 0 saturated carbocycles. The van der Waals surface area contributed by atoms with Crippen molar-refractivity contribution in [2.75, 3.05) is 5.32 Å². The fraction of sp³-hybridized carbons (Fsp3) is 0.176. The largest absolute Gasteiger partial charge is 0.365 e. The number of nitrogens with one attached hydrogen (secondary N) is 1. The van der Waals surface area contributed by atoms with Gasteiger partial charge >= 0.3 is 0 Å². The Balaban J connectivity index is 1.77. The number of fused-ring (bicyclic) bond motifs is 1. The van der Waals surface area contributed by atoms with Crippen molar-refractivity contribution >= 4 is 16.6 Å². The van der Waals surface area contributed by atoms with E-state index in [0.717, 1.165) is 28.6 Å².